The standard InChI is InChI=1S/C23H32FN7O2/c1-15(32)31-11-5-8-18(31)14-26-22-28-21(25-13-16-6-3-2-4-7-16)29-23(30-22)27-17-9-10-20(33)19(24)12-17/h9-10,12,16,18,33H,2-8,11,13-14H2,1H3,(H3,25,26,27,28,29,30). The van der Waals surface area contributed by atoms with Crippen molar-refractivity contribution in [2.24, 2.45) is 5.92 Å². The Balaban J connectivity index is 1.48. The van der Waals surface area contributed by atoms with Crippen LogP contribution in [0.25, 0.3) is 0 Å². The van der Waals surface area contributed by atoms with E-state index in [4.69, 9.17) is 0 Å². The second kappa shape index (κ2) is 10.6. The molecule has 4 N–H and O–H groups in total. The first kappa shape index (κ1) is 23.0. The second-order valence-electron chi connectivity index (χ2n) is 8.87. The van der Waals surface area contributed by atoms with Crippen LogP contribution in [0.15, 0.2) is 18.2 Å². The minimum Gasteiger partial charge on any atom is -0.505 e. The van der Waals surface area contributed by atoms with Crippen molar-refractivity contribution < 1.29 is 14.3 Å². The van der Waals surface area contributed by atoms with Gasteiger partial charge in [-0.15, -0.1) is 0 Å². The van der Waals surface area contributed by atoms with Crippen molar-refractivity contribution in [3.05, 3.63) is 24.0 Å². The van der Waals surface area contributed by atoms with Crippen LogP contribution in [0.5, 0.6) is 5.75 Å². The molecule has 1 saturated heterocycles. The zero-order valence-electron chi connectivity index (χ0n) is 19.0. The molecule has 1 unspecified atom stereocenters. The number of hydrogen-bond donors (Lipinski definition) is 4. The Morgan fingerprint density at radius 2 is 1.73 bits per heavy atom. The van der Waals surface area contributed by atoms with Gasteiger partial charge in [0.05, 0.1) is 0 Å². The Kier molecular flexibility index (Phi) is 7.41. The van der Waals surface area contributed by atoms with E-state index in [2.05, 4.69) is 30.9 Å². The summed E-state index contributed by atoms with van der Waals surface area (Å²) >= 11 is 0. The van der Waals surface area contributed by atoms with E-state index in [9.17, 15) is 14.3 Å². The summed E-state index contributed by atoms with van der Waals surface area (Å²) in [4.78, 5) is 27.1. The van der Waals surface area contributed by atoms with Gasteiger partial charge in [-0.25, -0.2) is 4.39 Å². The Bertz CT molecular complexity index is 968. The van der Waals surface area contributed by atoms with Gasteiger partial charge in [0.25, 0.3) is 0 Å². The third-order valence-electron chi connectivity index (χ3n) is 6.39. The summed E-state index contributed by atoms with van der Waals surface area (Å²) in [6, 6.07) is 4.11. The minimum atomic E-state index is -0.728. The number of nitrogens with one attached hydrogen (secondary N) is 3. The van der Waals surface area contributed by atoms with Gasteiger partial charge in [-0.3, -0.25) is 4.79 Å². The van der Waals surface area contributed by atoms with E-state index in [1.54, 1.807) is 13.0 Å². The monoisotopic (exact) mass is 457 g/mol. The molecule has 4 rings (SSSR count). The van der Waals surface area contributed by atoms with Gasteiger partial charge >= 0.3 is 0 Å². The SMILES string of the molecule is CC(=O)N1CCCC1CNc1nc(NCC2CCCCC2)nc(Nc2ccc(O)c(F)c2)n1. The summed E-state index contributed by atoms with van der Waals surface area (Å²) in [5.41, 5.74) is 0.416. The number of anilines is 4. The molecule has 178 valence electrons. The fourth-order valence-electron chi connectivity index (χ4n) is 4.60. The maximum atomic E-state index is 13.8. The molecule has 0 bridgehead atoms. The molecule has 33 heavy (non-hydrogen) atoms. The van der Waals surface area contributed by atoms with Crippen LogP contribution in [0.2, 0.25) is 0 Å². The van der Waals surface area contributed by atoms with Crippen molar-refractivity contribution in [3.63, 3.8) is 0 Å². The van der Waals surface area contributed by atoms with Crippen molar-refractivity contribution in [2.75, 3.05) is 35.6 Å². The number of halogens is 1. The van der Waals surface area contributed by atoms with Crippen LogP contribution < -0.4 is 16.0 Å². The summed E-state index contributed by atoms with van der Waals surface area (Å²) in [7, 11) is 0. The van der Waals surface area contributed by atoms with Gasteiger partial charge in [0, 0.05) is 44.4 Å². The molecule has 2 fully saturated rings. The van der Waals surface area contributed by atoms with Crippen LogP contribution in [0.1, 0.15) is 51.9 Å². The van der Waals surface area contributed by atoms with Gasteiger partial charge in [-0.1, -0.05) is 19.3 Å². The van der Waals surface area contributed by atoms with Crippen LogP contribution in [0, 0.1) is 11.7 Å². The van der Waals surface area contributed by atoms with E-state index < -0.39 is 11.6 Å². The molecule has 2 aliphatic rings. The van der Waals surface area contributed by atoms with Crippen molar-refractivity contribution in [1.29, 1.82) is 0 Å². The predicted molar refractivity (Wildman–Crippen MR) is 125 cm³/mol. The van der Waals surface area contributed by atoms with Gasteiger partial charge in [-0.05, 0) is 43.7 Å². The zero-order valence-corrected chi connectivity index (χ0v) is 19.0. The molecule has 0 radical (unpaired) electrons. The Hall–Kier alpha value is -3.17. The number of carbonyl (C=O) groups excluding carboxylic acids is 1. The summed E-state index contributed by atoms with van der Waals surface area (Å²) in [5.74, 6) is 0.605. The van der Waals surface area contributed by atoms with Gasteiger partial charge in [-0.2, -0.15) is 15.0 Å². The number of phenolic OH excluding ortho intramolecular Hbond substituents is 1. The lowest BCUT2D eigenvalue weighted by molar-refractivity contribution is -0.129. The smallest absolute Gasteiger partial charge is 0.233 e. The zero-order chi connectivity index (χ0) is 23.2. The maximum absolute atomic E-state index is 13.8. The third kappa shape index (κ3) is 6.21. The quantitative estimate of drug-likeness (QED) is 0.442. The Labute approximate surface area is 193 Å². The van der Waals surface area contributed by atoms with Gasteiger partial charge < -0.3 is 26.0 Å². The molecule has 1 aliphatic heterocycles. The van der Waals surface area contributed by atoms with Gasteiger partial charge in [0.15, 0.2) is 11.6 Å². The third-order valence-corrected chi connectivity index (χ3v) is 6.39. The first-order chi connectivity index (χ1) is 16.0. The Morgan fingerprint density at radius 1 is 1.03 bits per heavy atom. The summed E-state index contributed by atoms with van der Waals surface area (Å²) < 4.78 is 13.8. The molecule has 1 amide bonds. The van der Waals surface area contributed by atoms with E-state index in [0.717, 1.165) is 25.9 Å². The van der Waals surface area contributed by atoms with E-state index in [1.807, 2.05) is 4.90 Å². The minimum absolute atomic E-state index is 0.0708. The number of benzene rings is 1. The van der Waals surface area contributed by atoms with Gasteiger partial charge in [0.1, 0.15) is 0 Å². The van der Waals surface area contributed by atoms with Crippen LogP contribution >= 0.6 is 0 Å². The van der Waals surface area contributed by atoms with Crippen molar-refractivity contribution in [2.45, 2.75) is 57.9 Å². The number of amides is 1. The molecule has 1 atom stereocenters. The molecule has 1 aromatic heterocycles. The van der Waals surface area contributed by atoms with Crippen LogP contribution in [-0.2, 0) is 4.79 Å². The summed E-state index contributed by atoms with van der Waals surface area (Å²) in [5, 5.41) is 19.0. The van der Waals surface area contributed by atoms with Crippen LogP contribution in [0.4, 0.5) is 27.9 Å². The normalized spacial score (nSPS) is 18.8. The fourth-order valence-corrected chi connectivity index (χ4v) is 4.60. The fraction of sp³-hybridized carbons (Fsp3) is 0.565. The first-order valence-corrected chi connectivity index (χ1v) is 11.7. The first-order valence-electron chi connectivity index (χ1n) is 11.7. The molecule has 1 aliphatic carbocycles. The highest BCUT2D eigenvalue weighted by Crippen LogP contribution is 2.25. The van der Waals surface area contributed by atoms with E-state index in [1.165, 1.54) is 44.2 Å². The average molecular weight is 458 g/mol. The van der Waals surface area contributed by atoms with Crippen molar-refractivity contribution >= 4 is 29.4 Å². The highest BCUT2D eigenvalue weighted by Gasteiger charge is 2.26. The number of carbonyl (C=O) groups is 1. The number of aromatic hydroxyl groups is 1. The van der Waals surface area contributed by atoms with Crippen molar-refractivity contribution in [3.8, 4) is 5.75 Å². The number of phenols is 1. The number of likely N-dealkylation sites (tertiary alicyclic amines) is 1. The summed E-state index contributed by atoms with van der Waals surface area (Å²) in [6.07, 6.45) is 8.12. The lowest BCUT2D eigenvalue weighted by Crippen LogP contribution is -2.38. The van der Waals surface area contributed by atoms with E-state index in [0.29, 0.717) is 30.0 Å². The second-order valence-corrected chi connectivity index (χ2v) is 8.87. The molecular formula is C23H32FN7O2. The molecule has 1 saturated carbocycles. The molecule has 0 spiro atoms. The Morgan fingerprint density at radius 3 is 2.42 bits per heavy atom. The highest BCUT2D eigenvalue weighted by atomic mass is 19.1. The van der Waals surface area contributed by atoms with E-state index >= 15 is 0 Å². The molecule has 2 heterocycles. The lowest BCUT2D eigenvalue weighted by atomic mass is 9.89. The lowest BCUT2D eigenvalue weighted by Gasteiger charge is -2.24. The maximum Gasteiger partial charge on any atom is 0.233 e. The molecule has 9 nitrogen and oxygen atoms in total. The number of nitrogens with zero attached hydrogens (tertiary/aromatic N) is 4. The van der Waals surface area contributed by atoms with Crippen LogP contribution in [0.3, 0.4) is 0 Å². The molecular weight excluding hydrogens is 425 g/mol. The number of aromatic nitrogens is 3. The topological polar surface area (TPSA) is 115 Å². The largest absolute Gasteiger partial charge is 0.505 e. The predicted octanol–water partition coefficient (Wildman–Crippen LogP) is 3.87. The van der Waals surface area contributed by atoms with Crippen molar-refractivity contribution in [1.82, 2.24) is 19.9 Å². The molecule has 1 aromatic carbocycles. The number of rotatable bonds is 8. The highest BCUT2D eigenvalue weighted by molar-refractivity contribution is 5.74. The molecule has 10 heteroatoms. The van der Waals surface area contributed by atoms with Crippen LogP contribution in [-0.4, -0.2) is 56.5 Å². The van der Waals surface area contributed by atoms with Gasteiger partial charge in [0.2, 0.25) is 23.8 Å². The molecule has 2 aromatic rings. The average Bonchev–Trinajstić information content (AvgIpc) is 3.29. The number of hydrogen-bond acceptors (Lipinski definition) is 8. The summed E-state index contributed by atoms with van der Waals surface area (Å²) in [6.45, 7) is 3.69. The van der Waals surface area contributed by atoms with E-state index in [-0.39, 0.29) is 17.9 Å².